The number of rotatable bonds is 9. The average molecular weight is 522 g/mol. The molecule has 0 fully saturated rings. The van der Waals surface area contributed by atoms with E-state index in [2.05, 4.69) is 30.5 Å². The van der Waals surface area contributed by atoms with E-state index >= 15 is 0 Å². The van der Waals surface area contributed by atoms with Crippen molar-refractivity contribution >= 4 is 40.0 Å². The van der Waals surface area contributed by atoms with Crippen LogP contribution in [0.15, 0.2) is 38.9 Å². The summed E-state index contributed by atoms with van der Waals surface area (Å²) in [6.45, 7) is 5.18. The van der Waals surface area contributed by atoms with E-state index in [0.29, 0.717) is 19.0 Å². The average Bonchev–Trinajstić information content (AvgIpc) is 3.10. The van der Waals surface area contributed by atoms with E-state index in [1.165, 1.54) is 18.5 Å². The molecule has 0 spiro atoms. The molecule has 0 atom stereocenters. The van der Waals surface area contributed by atoms with Crippen LogP contribution in [0.2, 0.25) is 0 Å². The molecule has 2 aromatic heterocycles. The monoisotopic (exact) mass is 522 g/mol. The van der Waals surface area contributed by atoms with Crippen LogP contribution < -0.4 is 15.4 Å². The van der Waals surface area contributed by atoms with Gasteiger partial charge in [0.1, 0.15) is 10.7 Å². The van der Waals surface area contributed by atoms with Crippen molar-refractivity contribution in [1.82, 2.24) is 25.5 Å². The molecule has 0 radical (unpaired) electrons. The second-order valence-corrected chi connectivity index (χ2v) is 7.44. The summed E-state index contributed by atoms with van der Waals surface area (Å²) in [7, 11) is -1.91. The highest BCUT2D eigenvalue weighted by atomic mass is 127. The maximum atomic E-state index is 12.1. The van der Waals surface area contributed by atoms with Gasteiger partial charge in [-0.25, -0.2) is 13.1 Å². The summed E-state index contributed by atoms with van der Waals surface area (Å²) in [6.07, 6.45) is 4.40. The summed E-state index contributed by atoms with van der Waals surface area (Å²) in [5.41, 5.74) is 1.97. The Balaban J connectivity index is 0.00000392. The molecule has 0 aromatic carbocycles. The Kier molecular flexibility index (Phi) is 10.4. The molecule has 0 amide bonds. The van der Waals surface area contributed by atoms with Gasteiger partial charge in [0.2, 0.25) is 10.0 Å². The van der Waals surface area contributed by atoms with E-state index in [1.807, 2.05) is 13.8 Å². The van der Waals surface area contributed by atoms with Gasteiger partial charge in [-0.05, 0) is 18.6 Å². The molecule has 11 heteroatoms. The predicted octanol–water partition coefficient (Wildman–Crippen LogP) is 1.46. The molecular formula is C17H27IN6O3S. The fraction of sp³-hybridized carbons (Fsp3) is 0.471. The van der Waals surface area contributed by atoms with Crippen molar-refractivity contribution in [3.05, 3.63) is 41.5 Å². The minimum Gasteiger partial charge on any atom is -0.361 e. The first-order valence-corrected chi connectivity index (χ1v) is 10.3. The second-order valence-electron chi connectivity index (χ2n) is 5.68. The SMILES string of the molecule is CCc1noc(CC)c1CNC(=NC)NCCNS(=O)(=O)c1cccnc1.I. The molecule has 28 heavy (non-hydrogen) atoms. The predicted molar refractivity (Wildman–Crippen MR) is 118 cm³/mol. The van der Waals surface area contributed by atoms with E-state index in [1.54, 1.807) is 13.1 Å². The van der Waals surface area contributed by atoms with Crippen molar-refractivity contribution in [2.24, 2.45) is 4.99 Å². The van der Waals surface area contributed by atoms with E-state index in [0.717, 1.165) is 29.9 Å². The Morgan fingerprint density at radius 3 is 2.61 bits per heavy atom. The van der Waals surface area contributed by atoms with Crippen molar-refractivity contribution in [3.63, 3.8) is 0 Å². The summed E-state index contributed by atoms with van der Waals surface area (Å²) in [6, 6.07) is 3.08. The van der Waals surface area contributed by atoms with Crippen molar-refractivity contribution in [2.75, 3.05) is 20.1 Å². The Morgan fingerprint density at radius 1 is 1.21 bits per heavy atom. The van der Waals surface area contributed by atoms with Crippen LogP contribution in [-0.2, 0) is 29.4 Å². The number of halogens is 1. The number of aromatic nitrogens is 2. The third-order valence-electron chi connectivity index (χ3n) is 3.92. The Morgan fingerprint density at radius 2 is 2.00 bits per heavy atom. The van der Waals surface area contributed by atoms with Gasteiger partial charge in [-0.3, -0.25) is 9.98 Å². The molecule has 3 N–H and O–H groups in total. The normalized spacial score (nSPS) is 11.8. The standard InChI is InChI=1S/C17H26N6O3S.HI/c1-4-15-14(16(5-2)26-23-15)12-21-17(18-3)20-9-10-22-27(24,25)13-7-6-8-19-11-13;/h6-8,11,22H,4-5,9-10,12H2,1-3H3,(H2,18,20,21);1H. The van der Waals surface area contributed by atoms with Gasteiger partial charge in [0, 0.05) is 51.1 Å². The first kappa shape index (κ1) is 24.3. The van der Waals surface area contributed by atoms with Gasteiger partial charge in [-0.2, -0.15) is 0 Å². The molecule has 0 aliphatic heterocycles. The molecule has 0 aliphatic rings. The summed E-state index contributed by atoms with van der Waals surface area (Å²) < 4.78 is 32.1. The van der Waals surface area contributed by atoms with Crippen molar-refractivity contribution < 1.29 is 12.9 Å². The fourth-order valence-corrected chi connectivity index (χ4v) is 3.48. The summed E-state index contributed by atoms with van der Waals surface area (Å²) in [4.78, 5) is 8.11. The largest absolute Gasteiger partial charge is 0.361 e. The summed E-state index contributed by atoms with van der Waals surface area (Å²) in [5.74, 6) is 1.43. The maximum absolute atomic E-state index is 12.1. The number of guanidine groups is 1. The van der Waals surface area contributed by atoms with E-state index in [4.69, 9.17) is 4.52 Å². The van der Waals surface area contributed by atoms with Crippen LogP contribution in [0.25, 0.3) is 0 Å². The van der Waals surface area contributed by atoms with Crippen LogP contribution in [0.1, 0.15) is 30.9 Å². The van der Waals surface area contributed by atoms with E-state index in [-0.39, 0.29) is 35.4 Å². The number of aryl methyl sites for hydroxylation is 2. The Bertz CT molecular complexity index is 834. The molecule has 2 heterocycles. The third-order valence-corrected chi connectivity index (χ3v) is 5.36. The molecule has 0 aliphatic carbocycles. The third kappa shape index (κ3) is 6.71. The Labute approximate surface area is 182 Å². The van der Waals surface area contributed by atoms with Crippen LogP contribution in [0.5, 0.6) is 0 Å². The highest BCUT2D eigenvalue weighted by molar-refractivity contribution is 14.0. The number of nitrogens with one attached hydrogen (secondary N) is 3. The van der Waals surface area contributed by atoms with E-state index < -0.39 is 10.0 Å². The Hall–Kier alpha value is -1.73. The number of pyridine rings is 1. The van der Waals surface area contributed by atoms with Crippen LogP contribution in [0.3, 0.4) is 0 Å². The highest BCUT2D eigenvalue weighted by Crippen LogP contribution is 2.15. The quantitative estimate of drug-likeness (QED) is 0.197. The van der Waals surface area contributed by atoms with Crippen LogP contribution in [-0.4, -0.2) is 44.7 Å². The number of hydrogen-bond acceptors (Lipinski definition) is 6. The zero-order valence-electron chi connectivity index (χ0n) is 16.2. The minimum absolute atomic E-state index is 0. The topological polar surface area (TPSA) is 122 Å². The van der Waals surface area contributed by atoms with Crippen LogP contribution in [0, 0.1) is 0 Å². The lowest BCUT2D eigenvalue weighted by molar-refractivity contribution is 0.380. The maximum Gasteiger partial charge on any atom is 0.242 e. The second kappa shape index (κ2) is 12.0. The molecule has 2 aromatic rings. The lowest BCUT2D eigenvalue weighted by Crippen LogP contribution is -2.41. The molecule has 0 saturated carbocycles. The van der Waals surface area contributed by atoms with Gasteiger partial charge < -0.3 is 15.2 Å². The minimum atomic E-state index is -3.56. The molecule has 156 valence electrons. The van der Waals surface area contributed by atoms with Crippen LogP contribution in [0.4, 0.5) is 0 Å². The highest BCUT2D eigenvalue weighted by Gasteiger charge is 2.14. The summed E-state index contributed by atoms with van der Waals surface area (Å²) in [5, 5.41) is 10.4. The van der Waals surface area contributed by atoms with Gasteiger partial charge in [0.25, 0.3) is 0 Å². The van der Waals surface area contributed by atoms with E-state index in [9.17, 15) is 8.42 Å². The summed E-state index contributed by atoms with van der Waals surface area (Å²) >= 11 is 0. The molecule has 0 bridgehead atoms. The van der Waals surface area contributed by atoms with Gasteiger partial charge in [-0.1, -0.05) is 19.0 Å². The zero-order chi connectivity index (χ0) is 19.7. The van der Waals surface area contributed by atoms with Crippen LogP contribution >= 0.6 is 24.0 Å². The first-order valence-electron chi connectivity index (χ1n) is 8.82. The van der Waals surface area contributed by atoms with Gasteiger partial charge in [-0.15, -0.1) is 24.0 Å². The number of nitrogens with zero attached hydrogens (tertiary/aromatic N) is 3. The molecule has 9 nitrogen and oxygen atoms in total. The number of hydrogen-bond donors (Lipinski definition) is 3. The van der Waals surface area contributed by atoms with Gasteiger partial charge >= 0.3 is 0 Å². The number of sulfonamides is 1. The smallest absolute Gasteiger partial charge is 0.242 e. The fourth-order valence-electron chi connectivity index (χ4n) is 2.49. The van der Waals surface area contributed by atoms with Crippen molar-refractivity contribution in [3.8, 4) is 0 Å². The molecule has 0 unspecified atom stereocenters. The molecule has 2 rings (SSSR count). The molecular weight excluding hydrogens is 495 g/mol. The lowest BCUT2D eigenvalue weighted by atomic mass is 10.1. The number of aliphatic imine (C=N–C) groups is 1. The first-order chi connectivity index (χ1) is 13.0. The zero-order valence-corrected chi connectivity index (χ0v) is 19.4. The van der Waals surface area contributed by atoms with Gasteiger partial charge in [0.15, 0.2) is 5.96 Å². The molecule has 0 saturated heterocycles. The van der Waals surface area contributed by atoms with Crippen molar-refractivity contribution in [1.29, 1.82) is 0 Å². The van der Waals surface area contributed by atoms with Crippen molar-refractivity contribution in [2.45, 2.75) is 38.1 Å². The van der Waals surface area contributed by atoms with Gasteiger partial charge in [0.05, 0.1) is 5.69 Å². The lowest BCUT2D eigenvalue weighted by Gasteiger charge is -2.12.